The van der Waals surface area contributed by atoms with Crippen LogP contribution in [0.1, 0.15) is 18.7 Å². The Labute approximate surface area is 94.7 Å². The van der Waals surface area contributed by atoms with Gasteiger partial charge in [0.25, 0.3) is 0 Å². The molecule has 0 bridgehead atoms. The topological polar surface area (TPSA) is 58.4 Å². The molecule has 0 aliphatic carbocycles. The molecule has 1 aromatic rings. The molecule has 1 aliphatic rings. The SMILES string of the molecule is Cc1nccn1CCN1CCCC1C(=O)O. The number of hydrogen-bond acceptors (Lipinski definition) is 3. The average molecular weight is 223 g/mol. The number of rotatable bonds is 4. The zero-order valence-electron chi connectivity index (χ0n) is 9.46. The largest absolute Gasteiger partial charge is 0.480 e. The van der Waals surface area contributed by atoms with Crippen molar-refractivity contribution in [2.45, 2.75) is 32.4 Å². The van der Waals surface area contributed by atoms with Crippen molar-refractivity contribution in [2.24, 2.45) is 0 Å². The van der Waals surface area contributed by atoms with Gasteiger partial charge in [-0.05, 0) is 26.3 Å². The van der Waals surface area contributed by atoms with Crippen LogP contribution in [0.5, 0.6) is 0 Å². The Hall–Kier alpha value is -1.36. The maximum Gasteiger partial charge on any atom is 0.320 e. The molecule has 0 amide bonds. The standard InChI is InChI=1S/C11H17N3O2/c1-9-12-4-6-13(9)7-8-14-5-2-3-10(14)11(15)16/h4,6,10H,2-3,5,7-8H2,1H3,(H,15,16). The number of aromatic nitrogens is 2. The minimum absolute atomic E-state index is 0.288. The molecule has 0 aromatic carbocycles. The monoisotopic (exact) mass is 223 g/mol. The number of nitrogens with zero attached hydrogens (tertiary/aromatic N) is 3. The van der Waals surface area contributed by atoms with Crippen LogP contribution < -0.4 is 0 Å². The van der Waals surface area contributed by atoms with Crippen molar-refractivity contribution in [3.8, 4) is 0 Å². The van der Waals surface area contributed by atoms with E-state index in [1.54, 1.807) is 6.20 Å². The highest BCUT2D eigenvalue weighted by Crippen LogP contribution is 2.17. The summed E-state index contributed by atoms with van der Waals surface area (Å²) in [6.07, 6.45) is 5.47. The third-order valence-corrected chi connectivity index (χ3v) is 3.20. The van der Waals surface area contributed by atoms with E-state index < -0.39 is 5.97 Å². The molecule has 0 spiro atoms. The van der Waals surface area contributed by atoms with Gasteiger partial charge in [0.05, 0.1) is 0 Å². The predicted molar refractivity (Wildman–Crippen MR) is 59.2 cm³/mol. The van der Waals surface area contributed by atoms with Crippen LogP contribution in [-0.2, 0) is 11.3 Å². The summed E-state index contributed by atoms with van der Waals surface area (Å²) in [6, 6.07) is -0.288. The lowest BCUT2D eigenvalue weighted by molar-refractivity contribution is -0.142. The number of hydrogen-bond donors (Lipinski definition) is 1. The van der Waals surface area contributed by atoms with E-state index >= 15 is 0 Å². The zero-order valence-corrected chi connectivity index (χ0v) is 9.46. The number of aliphatic carboxylic acids is 1. The Morgan fingerprint density at radius 2 is 2.44 bits per heavy atom. The molecular formula is C11H17N3O2. The van der Waals surface area contributed by atoms with Crippen LogP contribution in [0, 0.1) is 6.92 Å². The van der Waals surface area contributed by atoms with Gasteiger partial charge in [0.1, 0.15) is 11.9 Å². The molecule has 1 N–H and O–H groups in total. The first kappa shape index (κ1) is 11.1. The molecule has 5 nitrogen and oxygen atoms in total. The average Bonchev–Trinajstić information content (AvgIpc) is 2.83. The summed E-state index contributed by atoms with van der Waals surface area (Å²) in [6.45, 7) is 4.45. The van der Waals surface area contributed by atoms with Crippen molar-refractivity contribution >= 4 is 5.97 Å². The normalized spacial score (nSPS) is 21.4. The number of carbonyl (C=O) groups is 1. The van der Waals surface area contributed by atoms with Crippen LogP contribution in [0.15, 0.2) is 12.4 Å². The van der Waals surface area contributed by atoms with E-state index in [4.69, 9.17) is 5.11 Å². The molecule has 1 atom stereocenters. The molecular weight excluding hydrogens is 206 g/mol. The highest BCUT2D eigenvalue weighted by Gasteiger charge is 2.29. The van der Waals surface area contributed by atoms with Gasteiger partial charge in [0, 0.05) is 25.5 Å². The van der Waals surface area contributed by atoms with E-state index in [1.165, 1.54) is 0 Å². The second-order valence-corrected chi connectivity index (χ2v) is 4.20. The summed E-state index contributed by atoms with van der Waals surface area (Å²) < 4.78 is 2.05. The number of likely N-dealkylation sites (tertiary alicyclic amines) is 1. The van der Waals surface area contributed by atoms with Crippen LogP contribution in [0.2, 0.25) is 0 Å². The van der Waals surface area contributed by atoms with E-state index in [0.717, 1.165) is 38.3 Å². The van der Waals surface area contributed by atoms with E-state index in [-0.39, 0.29) is 6.04 Å². The maximum absolute atomic E-state index is 11.0. The van der Waals surface area contributed by atoms with Gasteiger partial charge in [-0.25, -0.2) is 4.98 Å². The van der Waals surface area contributed by atoms with Crippen LogP contribution >= 0.6 is 0 Å². The van der Waals surface area contributed by atoms with Gasteiger partial charge < -0.3 is 9.67 Å². The summed E-state index contributed by atoms with van der Waals surface area (Å²) in [5, 5.41) is 9.03. The fraction of sp³-hybridized carbons (Fsp3) is 0.636. The van der Waals surface area contributed by atoms with E-state index in [0.29, 0.717) is 0 Å². The maximum atomic E-state index is 11.0. The van der Waals surface area contributed by atoms with Gasteiger partial charge >= 0.3 is 5.97 Å². The Morgan fingerprint density at radius 1 is 1.62 bits per heavy atom. The number of carboxylic acid groups (broad SMARTS) is 1. The molecule has 0 radical (unpaired) electrons. The van der Waals surface area contributed by atoms with Gasteiger partial charge in [-0.2, -0.15) is 0 Å². The highest BCUT2D eigenvalue weighted by molar-refractivity contribution is 5.73. The molecule has 1 unspecified atom stereocenters. The van der Waals surface area contributed by atoms with Crippen molar-refractivity contribution in [2.75, 3.05) is 13.1 Å². The Kier molecular flexibility index (Phi) is 3.24. The van der Waals surface area contributed by atoms with Crippen LogP contribution in [0.4, 0.5) is 0 Å². The summed E-state index contributed by atoms with van der Waals surface area (Å²) in [5.41, 5.74) is 0. The first-order valence-corrected chi connectivity index (χ1v) is 5.63. The van der Waals surface area contributed by atoms with Gasteiger partial charge in [0.2, 0.25) is 0 Å². The van der Waals surface area contributed by atoms with Crippen molar-refractivity contribution in [3.63, 3.8) is 0 Å². The molecule has 5 heteroatoms. The summed E-state index contributed by atoms with van der Waals surface area (Å²) in [5.74, 6) is 0.283. The van der Waals surface area contributed by atoms with Crippen LogP contribution in [-0.4, -0.2) is 44.7 Å². The third kappa shape index (κ3) is 2.24. The van der Waals surface area contributed by atoms with E-state index in [2.05, 4.69) is 9.55 Å². The molecule has 2 rings (SSSR count). The number of carboxylic acids is 1. The number of aryl methyl sites for hydroxylation is 1. The Balaban J connectivity index is 1.90. The quantitative estimate of drug-likeness (QED) is 0.818. The zero-order chi connectivity index (χ0) is 11.5. The molecule has 1 aromatic heterocycles. The van der Waals surface area contributed by atoms with Gasteiger partial charge in [-0.15, -0.1) is 0 Å². The fourth-order valence-corrected chi connectivity index (χ4v) is 2.25. The lowest BCUT2D eigenvalue weighted by Crippen LogP contribution is -2.37. The lowest BCUT2D eigenvalue weighted by Gasteiger charge is -2.21. The second kappa shape index (κ2) is 4.65. The van der Waals surface area contributed by atoms with Crippen molar-refractivity contribution in [3.05, 3.63) is 18.2 Å². The number of imidazole rings is 1. The molecule has 1 fully saturated rings. The summed E-state index contributed by atoms with van der Waals surface area (Å²) >= 11 is 0. The van der Waals surface area contributed by atoms with Gasteiger partial charge in [0.15, 0.2) is 0 Å². The van der Waals surface area contributed by atoms with Crippen molar-refractivity contribution < 1.29 is 9.90 Å². The lowest BCUT2D eigenvalue weighted by atomic mass is 10.2. The highest BCUT2D eigenvalue weighted by atomic mass is 16.4. The molecule has 88 valence electrons. The minimum Gasteiger partial charge on any atom is -0.480 e. The second-order valence-electron chi connectivity index (χ2n) is 4.20. The smallest absolute Gasteiger partial charge is 0.320 e. The summed E-state index contributed by atoms with van der Waals surface area (Å²) in [7, 11) is 0. The molecule has 0 saturated carbocycles. The Bertz CT molecular complexity index is 375. The van der Waals surface area contributed by atoms with Crippen LogP contribution in [0.3, 0.4) is 0 Å². The van der Waals surface area contributed by atoms with Gasteiger partial charge in [-0.3, -0.25) is 9.69 Å². The summed E-state index contributed by atoms with van der Waals surface area (Å²) in [4.78, 5) is 17.2. The first-order valence-electron chi connectivity index (χ1n) is 5.63. The molecule has 16 heavy (non-hydrogen) atoms. The molecule has 1 saturated heterocycles. The molecule has 2 heterocycles. The van der Waals surface area contributed by atoms with Crippen LogP contribution in [0.25, 0.3) is 0 Å². The first-order chi connectivity index (χ1) is 7.68. The molecule has 1 aliphatic heterocycles. The fourth-order valence-electron chi connectivity index (χ4n) is 2.25. The predicted octanol–water partition coefficient (Wildman–Crippen LogP) is 0.741. The Morgan fingerprint density at radius 3 is 3.06 bits per heavy atom. The minimum atomic E-state index is -0.695. The van der Waals surface area contributed by atoms with Crippen molar-refractivity contribution in [1.82, 2.24) is 14.5 Å². The van der Waals surface area contributed by atoms with Crippen molar-refractivity contribution in [1.29, 1.82) is 0 Å². The van der Waals surface area contributed by atoms with E-state index in [9.17, 15) is 4.79 Å². The van der Waals surface area contributed by atoms with Gasteiger partial charge in [-0.1, -0.05) is 0 Å². The third-order valence-electron chi connectivity index (χ3n) is 3.20. The van der Waals surface area contributed by atoms with E-state index in [1.807, 2.05) is 18.0 Å².